The average molecular weight is 240 g/mol. The van der Waals surface area contributed by atoms with Crippen LogP contribution in [0.4, 0.5) is 0 Å². The molecule has 0 aromatic carbocycles. The minimum Gasteiger partial charge on any atom is -0.376 e. The zero-order valence-electron chi connectivity index (χ0n) is 7.16. The summed E-state index contributed by atoms with van der Waals surface area (Å²) >= 11 is 3.35. The molecule has 0 fully saturated rings. The van der Waals surface area contributed by atoms with Crippen molar-refractivity contribution in [3.63, 3.8) is 0 Å². The molecule has 0 saturated carbocycles. The lowest BCUT2D eigenvalue weighted by Gasteiger charge is -2.12. The summed E-state index contributed by atoms with van der Waals surface area (Å²) in [5.41, 5.74) is 2.20. The van der Waals surface area contributed by atoms with Crippen LogP contribution in [-0.4, -0.2) is 18.2 Å². The Labute approximate surface area is 85.8 Å². The maximum atomic E-state index is 5.35. The lowest BCUT2D eigenvalue weighted by Crippen LogP contribution is -2.06. The molecule has 0 radical (unpaired) electrons. The molecule has 0 amide bonds. The van der Waals surface area contributed by atoms with Crippen molar-refractivity contribution < 1.29 is 4.74 Å². The van der Waals surface area contributed by atoms with Crippen molar-refractivity contribution in [1.82, 2.24) is 4.98 Å². The fourth-order valence-corrected chi connectivity index (χ4v) is 1.67. The van der Waals surface area contributed by atoms with Gasteiger partial charge in [-0.05, 0) is 40.1 Å². The van der Waals surface area contributed by atoms with E-state index in [1.165, 1.54) is 5.57 Å². The number of nitrogens with zero attached hydrogens (tertiary/aromatic N) is 1. The van der Waals surface area contributed by atoms with Crippen molar-refractivity contribution in [3.8, 4) is 0 Å². The molecule has 3 heteroatoms. The van der Waals surface area contributed by atoms with E-state index in [0.717, 1.165) is 23.3 Å². The Morgan fingerprint density at radius 3 is 3.00 bits per heavy atom. The highest BCUT2D eigenvalue weighted by molar-refractivity contribution is 9.10. The summed E-state index contributed by atoms with van der Waals surface area (Å²) in [7, 11) is 0. The van der Waals surface area contributed by atoms with Gasteiger partial charge in [-0.1, -0.05) is 12.1 Å². The van der Waals surface area contributed by atoms with Gasteiger partial charge in [-0.3, -0.25) is 0 Å². The molecule has 1 aromatic rings. The first-order valence-electron chi connectivity index (χ1n) is 4.26. The normalized spacial score (nSPS) is 16.8. The molecule has 1 aliphatic heterocycles. The van der Waals surface area contributed by atoms with Gasteiger partial charge < -0.3 is 4.74 Å². The predicted molar refractivity (Wildman–Crippen MR) is 55.4 cm³/mol. The smallest absolute Gasteiger partial charge is 0.106 e. The molecule has 13 heavy (non-hydrogen) atoms. The van der Waals surface area contributed by atoms with Crippen LogP contribution < -0.4 is 0 Å². The minimum atomic E-state index is 0.684. The third-order valence-corrected chi connectivity index (χ3v) is 2.40. The van der Waals surface area contributed by atoms with E-state index in [9.17, 15) is 0 Å². The molecule has 2 heterocycles. The second-order valence-corrected chi connectivity index (χ2v) is 3.73. The quantitative estimate of drug-likeness (QED) is 0.704. The molecule has 0 atom stereocenters. The second-order valence-electron chi connectivity index (χ2n) is 2.92. The molecule has 1 aromatic heterocycles. The highest BCUT2D eigenvalue weighted by Crippen LogP contribution is 2.18. The van der Waals surface area contributed by atoms with Crippen LogP contribution >= 0.6 is 15.9 Å². The van der Waals surface area contributed by atoms with Crippen LogP contribution in [0.25, 0.3) is 5.57 Å². The Balaban J connectivity index is 2.29. The maximum absolute atomic E-state index is 5.35. The Bertz CT molecular complexity index is 335. The highest BCUT2D eigenvalue weighted by atomic mass is 79.9. The topological polar surface area (TPSA) is 22.1 Å². The van der Waals surface area contributed by atoms with Crippen LogP contribution in [-0.2, 0) is 4.74 Å². The molecule has 68 valence electrons. The van der Waals surface area contributed by atoms with Crippen LogP contribution in [0.15, 0.2) is 28.9 Å². The molecule has 0 spiro atoms. The van der Waals surface area contributed by atoms with Gasteiger partial charge >= 0.3 is 0 Å². The fourth-order valence-electron chi connectivity index (χ4n) is 1.32. The molecule has 0 bridgehead atoms. The number of rotatable bonds is 1. The Kier molecular flexibility index (Phi) is 2.76. The summed E-state index contributed by atoms with van der Waals surface area (Å²) in [5.74, 6) is 0. The third-order valence-electron chi connectivity index (χ3n) is 1.95. The van der Waals surface area contributed by atoms with Crippen molar-refractivity contribution in [3.05, 3.63) is 34.6 Å². The molecule has 2 rings (SSSR count). The van der Waals surface area contributed by atoms with Gasteiger partial charge in [-0.2, -0.15) is 0 Å². The van der Waals surface area contributed by atoms with E-state index in [-0.39, 0.29) is 0 Å². The summed E-state index contributed by atoms with van der Waals surface area (Å²) in [5, 5.41) is 0. The number of halogens is 1. The first-order valence-corrected chi connectivity index (χ1v) is 5.05. The van der Waals surface area contributed by atoms with E-state index < -0.39 is 0 Å². The van der Waals surface area contributed by atoms with Gasteiger partial charge in [0.15, 0.2) is 0 Å². The number of hydrogen-bond donors (Lipinski definition) is 0. The molecule has 0 aliphatic carbocycles. The van der Waals surface area contributed by atoms with Gasteiger partial charge in [-0.25, -0.2) is 4.98 Å². The molecular weight excluding hydrogens is 230 g/mol. The van der Waals surface area contributed by atoms with Gasteiger partial charge in [0.2, 0.25) is 0 Å². The van der Waals surface area contributed by atoms with E-state index in [0.29, 0.717) is 6.61 Å². The molecular formula is C10H10BrNO. The Hall–Kier alpha value is -0.670. The molecule has 2 nitrogen and oxygen atoms in total. The zero-order valence-corrected chi connectivity index (χ0v) is 8.75. The zero-order chi connectivity index (χ0) is 9.10. The van der Waals surface area contributed by atoms with Crippen molar-refractivity contribution in [1.29, 1.82) is 0 Å². The third kappa shape index (κ3) is 2.17. The summed E-state index contributed by atoms with van der Waals surface area (Å²) in [6.07, 6.45) is 3.18. The van der Waals surface area contributed by atoms with Gasteiger partial charge in [-0.15, -0.1) is 0 Å². The largest absolute Gasteiger partial charge is 0.376 e. The number of ether oxygens (including phenoxy) is 1. The van der Waals surface area contributed by atoms with Crippen LogP contribution in [0.1, 0.15) is 12.1 Å². The van der Waals surface area contributed by atoms with E-state index in [4.69, 9.17) is 4.74 Å². The van der Waals surface area contributed by atoms with Crippen molar-refractivity contribution in [2.75, 3.05) is 13.2 Å². The van der Waals surface area contributed by atoms with Crippen LogP contribution in [0.3, 0.4) is 0 Å². The van der Waals surface area contributed by atoms with E-state index >= 15 is 0 Å². The lowest BCUT2D eigenvalue weighted by molar-refractivity contribution is 0.164. The molecule has 0 saturated heterocycles. The Morgan fingerprint density at radius 1 is 1.38 bits per heavy atom. The summed E-state index contributed by atoms with van der Waals surface area (Å²) in [4.78, 5) is 4.37. The van der Waals surface area contributed by atoms with E-state index in [2.05, 4.69) is 27.0 Å². The predicted octanol–water partition coefficient (Wildman–Crippen LogP) is 2.65. The molecule has 1 aliphatic rings. The number of pyridine rings is 1. The molecule has 0 unspecified atom stereocenters. The lowest BCUT2D eigenvalue weighted by atomic mass is 10.1. The minimum absolute atomic E-state index is 0.684. The molecule has 0 N–H and O–H groups in total. The van der Waals surface area contributed by atoms with Crippen molar-refractivity contribution in [2.45, 2.75) is 6.42 Å². The van der Waals surface area contributed by atoms with E-state index in [1.807, 2.05) is 18.2 Å². The van der Waals surface area contributed by atoms with Gasteiger partial charge in [0.05, 0.1) is 18.9 Å². The monoisotopic (exact) mass is 239 g/mol. The van der Waals surface area contributed by atoms with Crippen LogP contribution in [0.5, 0.6) is 0 Å². The first-order chi connectivity index (χ1) is 6.36. The highest BCUT2D eigenvalue weighted by Gasteiger charge is 2.07. The SMILES string of the molecule is Brc1cccc(C2=CCCOC2)n1. The Morgan fingerprint density at radius 2 is 2.31 bits per heavy atom. The first kappa shape index (κ1) is 8.91. The summed E-state index contributed by atoms with van der Waals surface area (Å²) in [6, 6.07) is 5.92. The average Bonchev–Trinajstić information content (AvgIpc) is 2.19. The van der Waals surface area contributed by atoms with E-state index in [1.54, 1.807) is 0 Å². The summed E-state index contributed by atoms with van der Waals surface area (Å²) in [6.45, 7) is 1.51. The van der Waals surface area contributed by atoms with Gasteiger partial charge in [0.1, 0.15) is 4.60 Å². The number of hydrogen-bond acceptors (Lipinski definition) is 2. The van der Waals surface area contributed by atoms with Crippen LogP contribution in [0, 0.1) is 0 Å². The maximum Gasteiger partial charge on any atom is 0.106 e. The van der Waals surface area contributed by atoms with Crippen molar-refractivity contribution >= 4 is 21.5 Å². The van der Waals surface area contributed by atoms with Gasteiger partial charge in [0.25, 0.3) is 0 Å². The fraction of sp³-hybridized carbons (Fsp3) is 0.300. The van der Waals surface area contributed by atoms with Crippen LogP contribution in [0.2, 0.25) is 0 Å². The summed E-state index contributed by atoms with van der Waals surface area (Å²) < 4.78 is 6.22. The second kappa shape index (κ2) is 4.03. The van der Waals surface area contributed by atoms with Gasteiger partial charge in [0, 0.05) is 0 Å². The standard InChI is InChI=1S/C10H10BrNO/c11-10-5-1-4-9(12-10)8-3-2-6-13-7-8/h1,3-5H,2,6-7H2. The number of aromatic nitrogens is 1. The van der Waals surface area contributed by atoms with Crippen molar-refractivity contribution in [2.24, 2.45) is 0 Å².